The lowest BCUT2D eigenvalue weighted by atomic mass is 10.5. The van der Waals surface area contributed by atoms with Gasteiger partial charge in [0.25, 0.3) is 14.2 Å². The van der Waals surface area contributed by atoms with E-state index in [1.165, 1.54) is 12.1 Å². The van der Waals surface area contributed by atoms with Crippen molar-refractivity contribution in [3.63, 3.8) is 0 Å². The maximum absolute atomic E-state index is 10.9. The van der Waals surface area contributed by atoms with E-state index >= 15 is 0 Å². The lowest BCUT2D eigenvalue weighted by Crippen LogP contribution is -1.94. The molecule has 0 N–H and O–H groups in total. The molecule has 0 atom stereocenters. The van der Waals surface area contributed by atoms with Gasteiger partial charge in [0.2, 0.25) is 0 Å². The second kappa shape index (κ2) is 3.48. The Morgan fingerprint density at radius 2 is 1.93 bits per heavy atom. The summed E-state index contributed by atoms with van der Waals surface area (Å²) in [7, 11) is 1.11. The molecule has 0 aromatic carbocycles. The summed E-state index contributed by atoms with van der Waals surface area (Å²) >= 11 is 11.5. The molecule has 0 aliphatic rings. The Kier molecular flexibility index (Phi) is 2.54. The van der Waals surface area contributed by atoms with E-state index in [-0.39, 0.29) is 10.8 Å². The molecule has 9 heteroatoms. The predicted molar refractivity (Wildman–Crippen MR) is 56.0 cm³/mol. The van der Waals surface area contributed by atoms with Gasteiger partial charge in [0.05, 0.1) is 0 Å². The first kappa shape index (κ1) is 10.9. The largest absolute Gasteiger partial charge is 0.298 e. The SMILES string of the molecule is O=S(=O)(Cl)c1nc2cc(Cl)cc(Cl)n2n1. The van der Waals surface area contributed by atoms with Gasteiger partial charge in [-0.2, -0.15) is 4.98 Å². The molecular formula is C6H2Cl3N3O2S. The summed E-state index contributed by atoms with van der Waals surface area (Å²) in [4.78, 5) is 3.67. The number of rotatable bonds is 1. The van der Waals surface area contributed by atoms with E-state index in [2.05, 4.69) is 10.1 Å². The molecule has 0 fully saturated rings. The molecule has 0 spiro atoms. The fourth-order valence-electron chi connectivity index (χ4n) is 0.998. The maximum atomic E-state index is 10.9. The molecule has 0 unspecified atom stereocenters. The summed E-state index contributed by atoms with van der Waals surface area (Å²) in [6.45, 7) is 0. The van der Waals surface area contributed by atoms with Crippen LogP contribution < -0.4 is 0 Å². The van der Waals surface area contributed by atoms with Crippen LogP contribution in [0.25, 0.3) is 5.65 Å². The maximum Gasteiger partial charge on any atom is 0.298 e. The van der Waals surface area contributed by atoms with E-state index in [0.29, 0.717) is 5.02 Å². The van der Waals surface area contributed by atoms with Gasteiger partial charge < -0.3 is 0 Å². The van der Waals surface area contributed by atoms with E-state index in [1.54, 1.807) is 0 Å². The zero-order chi connectivity index (χ0) is 11.2. The highest BCUT2D eigenvalue weighted by Crippen LogP contribution is 2.20. The van der Waals surface area contributed by atoms with Crippen molar-refractivity contribution in [1.29, 1.82) is 0 Å². The van der Waals surface area contributed by atoms with Crippen molar-refractivity contribution in [2.75, 3.05) is 0 Å². The normalized spacial score (nSPS) is 12.2. The van der Waals surface area contributed by atoms with Crippen LogP contribution in [0.4, 0.5) is 0 Å². The van der Waals surface area contributed by atoms with Crippen LogP contribution in [0.15, 0.2) is 17.3 Å². The number of fused-ring (bicyclic) bond motifs is 1. The van der Waals surface area contributed by atoms with Crippen molar-refractivity contribution in [1.82, 2.24) is 14.6 Å². The van der Waals surface area contributed by atoms with E-state index in [4.69, 9.17) is 33.9 Å². The minimum Gasteiger partial charge on any atom is -0.204 e. The molecule has 0 saturated heterocycles. The highest BCUT2D eigenvalue weighted by Gasteiger charge is 2.18. The van der Waals surface area contributed by atoms with Crippen molar-refractivity contribution >= 4 is 48.6 Å². The Balaban J connectivity index is 2.82. The van der Waals surface area contributed by atoms with Crippen LogP contribution in [0, 0.1) is 0 Å². The fraction of sp³-hybridized carbons (Fsp3) is 0. The molecule has 2 rings (SSSR count). The van der Waals surface area contributed by atoms with Crippen LogP contribution in [-0.2, 0) is 9.05 Å². The summed E-state index contributed by atoms with van der Waals surface area (Å²) in [5, 5.41) is 3.59. The molecule has 2 heterocycles. The van der Waals surface area contributed by atoms with Crippen LogP contribution in [0.3, 0.4) is 0 Å². The quantitative estimate of drug-likeness (QED) is 0.594. The average Bonchev–Trinajstić information content (AvgIpc) is 2.46. The van der Waals surface area contributed by atoms with Crippen molar-refractivity contribution < 1.29 is 8.42 Å². The fourth-order valence-corrected chi connectivity index (χ4v) is 2.07. The Morgan fingerprint density at radius 3 is 2.53 bits per heavy atom. The molecule has 0 aliphatic heterocycles. The van der Waals surface area contributed by atoms with Crippen molar-refractivity contribution in [3.8, 4) is 0 Å². The molecule has 2 aromatic rings. The Hall–Kier alpha value is -0.560. The van der Waals surface area contributed by atoms with Gasteiger partial charge in [-0.3, -0.25) is 0 Å². The first-order valence-corrected chi connectivity index (χ1v) is 6.61. The average molecular weight is 287 g/mol. The number of pyridine rings is 1. The number of hydrogen-bond acceptors (Lipinski definition) is 4. The topological polar surface area (TPSA) is 64.3 Å². The first-order valence-electron chi connectivity index (χ1n) is 3.54. The Labute approximate surface area is 99.0 Å². The highest BCUT2D eigenvalue weighted by atomic mass is 35.7. The monoisotopic (exact) mass is 285 g/mol. The zero-order valence-corrected chi connectivity index (χ0v) is 9.94. The third kappa shape index (κ3) is 2.03. The summed E-state index contributed by atoms with van der Waals surface area (Å²) < 4.78 is 23.0. The number of halogens is 3. The summed E-state index contributed by atoms with van der Waals surface area (Å²) in [5.74, 6) is 0. The van der Waals surface area contributed by atoms with Crippen molar-refractivity contribution in [3.05, 3.63) is 22.3 Å². The minimum atomic E-state index is -3.97. The van der Waals surface area contributed by atoms with Crippen molar-refractivity contribution in [2.45, 2.75) is 5.16 Å². The van der Waals surface area contributed by atoms with Crippen LogP contribution in [-0.4, -0.2) is 23.0 Å². The molecule has 0 aliphatic carbocycles. The van der Waals surface area contributed by atoms with E-state index in [0.717, 1.165) is 4.52 Å². The molecule has 0 radical (unpaired) electrons. The van der Waals surface area contributed by atoms with Gasteiger partial charge in [-0.15, -0.1) is 5.10 Å². The number of hydrogen-bond donors (Lipinski definition) is 0. The summed E-state index contributed by atoms with van der Waals surface area (Å²) in [6, 6.07) is 2.83. The lowest BCUT2D eigenvalue weighted by molar-refractivity contribution is 0.601. The van der Waals surface area contributed by atoms with Gasteiger partial charge >= 0.3 is 0 Å². The van der Waals surface area contributed by atoms with Gasteiger partial charge in [0.1, 0.15) is 5.15 Å². The Bertz CT molecular complexity index is 636. The molecule has 15 heavy (non-hydrogen) atoms. The Morgan fingerprint density at radius 1 is 1.27 bits per heavy atom. The number of nitrogens with zero attached hydrogens (tertiary/aromatic N) is 3. The lowest BCUT2D eigenvalue weighted by Gasteiger charge is -1.94. The number of aromatic nitrogens is 3. The van der Waals surface area contributed by atoms with Gasteiger partial charge in [-0.25, -0.2) is 12.9 Å². The van der Waals surface area contributed by atoms with E-state index in [9.17, 15) is 8.42 Å². The smallest absolute Gasteiger partial charge is 0.204 e. The molecule has 0 saturated carbocycles. The highest BCUT2D eigenvalue weighted by molar-refractivity contribution is 8.13. The molecule has 2 aromatic heterocycles. The molecule has 5 nitrogen and oxygen atoms in total. The van der Waals surface area contributed by atoms with Gasteiger partial charge in [-0.1, -0.05) is 23.2 Å². The summed E-state index contributed by atoms with van der Waals surface area (Å²) in [6.07, 6.45) is 0. The van der Waals surface area contributed by atoms with E-state index < -0.39 is 14.2 Å². The van der Waals surface area contributed by atoms with Gasteiger partial charge in [-0.05, 0) is 6.07 Å². The third-order valence-corrected chi connectivity index (χ3v) is 3.07. The second-order valence-corrected chi connectivity index (χ2v) is 5.88. The van der Waals surface area contributed by atoms with Crippen LogP contribution >= 0.6 is 33.9 Å². The molecule has 0 amide bonds. The van der Waals surface area contributed by atoms with Gasteiger partial charge in [0, 0.05) is 21.8 Å². The van der Waals surface area contributed by atoms with Crippen LogP contribution in [0.1, 0.15) is 0 Å². The van der Waals surface area contributed by atoms with E-state index in [1.807, 2.05) is 0 Å². The van der Waals surface area contributed by atoms with Crippen LogP contribution in [0.2, 0.25) is 10.2 Å². The molecular weight excluding hydrogens is 285 g/mol. The zero-order valence-electron chi connectivity index (χ0n) is 6.85. The summed E-state index contributed by atoms with van der Waals surface area (Å²) in [5.41, 5.74) is 0.215. The van der Waals surface area contributed by atoms with Crippen molar-refractivity contribution in [2.24, 2.45) is 0 Å². The molecule has 0 bridgehead atoms. The van der Waals surface area contributed by atoms with Crippen LogP contribution in [0.5, 0.6) is 0 Å². The first-order chi connectivity index (χ1) is 6.88. The third-order valence-electron chi connectivity index (χ3n) is 1.56. The predicted octanol–water partition coefficient (Wildman–Crippen LogP) is 1.96. The standard InChI is InChI=1S/C6H2Cl3N3O2S/c7-3-1-4(8)12-5(2-3)10-6(11-12)15(9,13)14/h1-2H. The minimum absolute atomic E-state index is 0.150. The van der Waals surface area contributed by atoms with Gasteiger partial charge in [0.15, 0.2) is 5.65 Å². The molecule has 80 valence electrons. The second-order valence-electron chi connectivity index (χ2n) is 2.60.